The highest BCUT2D eigenvalue weighted by molar-refractivity contribution is 7.92. The van der Waals surface area contributed by atoms with Gasteiger partial charge < -0.3 is 5.32 Å². The van der Waals surface area contributed by atoms with Crippen molar-refractivity contribution in [3.63, 3.8) is 0 Å². The first kappa shape index (κ1) is 17.6. The Bertz CT molecular complexity index is 867. The van der Waals surface area contributed by atoms with Gasteiger partial charge in [0.1, 0.15) is 0 Å². The minimum Gasteiger partial charge on any atom is -0.353 e. The van der Waals surface area contributed by atoms with Crippen LogP contribution in [0.2, 0.25) is 10.0 Å². The summed E-state index contributed by atoms with van der Waals surface area (Å²) in [7, 11) is -3.47. The molecular formula is C15H14Cl2N2O3S. The number of rotatable bonds is 5. The highest BCUT2D eigenvalue weighted by atomic mass is 35.5. The van der Waals surface area contributed by atoms with Crippen LogP contribution in [0, 0.1) is 0 Å². The van der Waals surface area contributed by atoms with Gasteiger partial charge in [-0.05, 0) is 43.3 Å². The van der Waals surface area contributed by atoms with Gasteiger partial charge in [0.25, 0.3) is 0 Å². The van der Waals surface area contributed by atoms with Crippen molar-refractivity contribution in [1.82, 2.24) is 0 Å². The van der Waals surface area contributed by atoms with Gasteiger partial charge in [-0.2, -0.15) is 0 Å². The molecule has 0 unspecified atom stereocenters. The van der Waals surface area contributed by atoms with Crippen LogP contribution < -0.4 is 10.0 Å². The zero-order valence-electron chi connectivity index (χ0n) is 12.4. The molecule has 0 aliphatic heterocycles. The van der Waals surface area contributed by atoms with Gasteiger partial charge >= 0.3 is 0 Å². The largest absolute Gasteiger partial charge is 0.353 e. The maximum atomic E-state index is 11.5. The Morgan fingerprint density at radius 2 is 1.65 bits per heavy atom. The molecule has 0 aliphatic carbocycles. The minimum atomic E-state index is -3.47. The van der Waals surface area contributed by atoms with Gasteiger partial charge in [-0.25, -0.2) is 8.42 Å². The number of halogens is 2. The maximum absolute atomic E-state index is 11.5. The summed E-state index contributed by atoms with van der Waals surface area (Å²) in [6, 6.07) is 9.49. The SMILES string of the molecule is CC(=O)c1ccc(NS(C)(=O)=O)c(Nc2ccc(Cl)cc2Cl)c1. The lowest BCUT2D eigenvalue weighted by Gasteiger charge is -2.15. The maximum Gasteiger partial charge on any atom is 0.229 e. The average molecular weight is 373 g/mol. The number of Topliss-reactive ketones (excluding diaryl/α,β-unsaturated/α-hetero) is 1. The summed E-state index contributed by atoms with van der Waals surface area (Å²) in [6.07, 6.45) is 1.05. The van der Waals surface area contributed by atoms with Crippen LogP contribution in [0.3, 0.4) is 0 Å². The number of hydrogen-bond donors (Lipinski definition) is 2. The first-order valence-corrected chi connectivity index (χ1v) is 9.15. The molecule has 0 aliphatic rings. The second kappa shape index (κ2) is 6.78. The summed E-state index contributed by atoms with van der Waals surface area (Å²) in [5.41, 5.74) is 1.70. The van der Waals surface area contributed by atoms with E-state index in [4.69, 9.17) is 23.2 Å². The second-order valence-electron chi connectivity index (χ2n) is 4.94. The lowest BCUT2D eigenvalue weighted by molar-refractivity contribution is 0.101. The number of ketones is 1. The van der Waals surface area contributed by atoms with Crippen molar-refractivity contribution in [3.05, 3.63) is 52.0 Å². The van der Waals surface area contributed by atoms with E-state index < -0.39 is 10.0 Å². The number of sulfonamides is 1. The van der Waals surface area contributed by atoms with Crippen LogP contribution in [0.1, 0.15) is 17.3 Å². The third-order valence-corrected chi connectivity index (χ3v) is 4.06. The molecule has 0 bridgehead atoms. The van der Waals surface area contributed by atoms with Gasteiger partial charge in [0, 0.05) is 10.6 Å². The topological polar surface area (TPSA) is 75.3 Å². The molecule has 0 heterocycles. The van der Waals surface area contributed by atoms with Crippen molar-refractivity contribution in [1.29, 1.82) is 0 Å². The molecule has 0 radical (unpaired) electrons. The molecule has 0 saturated carbocycles. The monoisotopic (exact) mass is 372 g/mol. The van der Waals surface area contributed by atoms with E-state index in [1.165, 1.54) is 13.0 Å². The van der Waals surface area contributed by atoms with Gasteiger partial charge in [0.15, 0.2) is 5.78 Å². The fourth-order valence-electron chi connectivity index (χ4n) is 1.89. The van der Waals surface area contributed by atoms with Crippen LogP contribution in [0.4, 0.5) is 17.1 Å². The quantitative estimate of drug-likeness (QED) is 0.766. The van der Waals surface area contributed by atoms with Crippen LogP contribution >= 0.6 is 23.2 Å². The molecule has 0 atom stereocenters. The standard InChI is InChI=1S/C15H14Cl2N2O3S/c1-9(20)10-3-5-14(19-23(2,21)22)15(7-10)18-13-6-4-11(16)8-12(13)17/h3-8,18-19H,1-2H3. The molecule has 0 spiro atoms. The molecule has 8 heteroatoms. The first-order valence-electron chi connectivity index (χ1n) is 6.50. The smallest absolute Gasteiger partial charge is 0.229 e. The lowest BCUT2D eigenvalue weighted by atomic mass is 10.1. The Balaban J connectivity index is 2.48. The van der Waals surface area contributed by atoms with Crippen LogP contribution in [-0.2, 0) is 10.0 Å². The Hall–Kier alpha value is -1.76. The Kier molecular flexibility index (Phi) is 5.19. The molecule has 5 nitrogen and oxygen atoms in total. The summed E-state index contributed by atoms with van der Waals surface area (Å²) in [6.45, 7) is 1.43. The molecule has 0 aromatic heterocycles. The van der Waals surface area contributed by atoms with Gasteiger partial charge in [0.2, 0.25) is 10.0 Å². The van der Waals surface area contributed by atoms with Crippen molar-refractivity contribution in [2.24, 2.45) is 0 Å². The normalized spacial score (nSPS) is 11.1. The van der Waals surface area contributed by atoms with E-state index in [0.717, 1.165) is 6.26 Å². The van der Waals surface area contributed by atoms with E-state index in [1.54, 1.807) is 30.3 Å². The molecule has 0 saturated heterocycles. The minimum absolute atomic E-state index is 0.138. The number of nitrogens with one attached hydrogen (secondary N) is 2. The van der Waals surface area contributed by atoms with E-state index in [2.05, 4.69) is 10.0 Å². The van der Waals surface area contributed by atoms with Gasteiger partial charge in [-0.1, -0.05) is 23.2 Å². The Morgan fingerprint density at radius 1 is 1.00 bits per heavy atom. The fraction of sp³-hybridized carbons (Fsp3) is 0.133. The van der Waals surface area contributed by atoms with Crippen molar-refractivity contribution in [3.8, 4) is 0 Å². The van der Waals surface area contributed by atoms with Crippen LogP contribution in [-0.4, -0.2) is 20.5 Å². The van der Waals surface area contributed by atoms with Gasteiger partial charge in [-0.3, -0.25) is 9.52 Å². The second-order valence-corrected chi connectivity index (χ2v) is 7.53. The summed E-state index contributed by atoms with van der Waals surface area (Å²) < 4.78 is 25.4. The van der Waals surface area contributed by atoms with E-state index >= 15 is 0 Å². The van der Waals surface area contributed by atoms with Crippen LogP contribution in [0.25, 0.3) is 0 Å². The molecule has 2 aromatic carbocycles. The molecule has 2 N–H and O–H groups in total. The van der Waals surface area contributed by atoms with Crippen molar-refractivity contribution in [2.75, 3.05) is 16.3 Å². The van der Waals surface area contributed by atoms with E-state index in [-0.39, 0.29) is 5.78 Å². The number of carbonyl (C=O) groups excluding carboxylic acids is 1. The third kappa shape index (κ3) is 4.86. The molecule has 0 amide bonds. The summed E-state index contributed by atoms with van der Waals surface area (Å²) >= 11 is 12.0. The van der Waals surface area contributed by atoms with Crippen molar-refractivity contribution in [2.45, 2.75) is 6.92 Å². The Morgan fingerprint density at radius 3 is 2.22 bits per heavy atom. The lowest BCUT2D eigenvalue weighted by Crippen LogP contribution is -2.11. The molecular weight excluding hydrogens is 359 g/mol. The molecule has 23 heavy (non-hydrogen) atoms. The van der Waals surface area contributed by atoms with E-state index in [1.807, 2.05) is 0 Å². The number of benzene rings is 2. The van der Waals surface area contributed by atoms with Crippen molar-refractivity contribution >= 4 is 56.1 Å². The number of hydrogen-bond acceptors (Lipinski definition) is 4. The highest BCUT2D eigenvalue weighted by Crippen LogP contribution is 2.32. The van der Waals surface area contributed by atoms with Crippen molar-refractivity contribution < 1.29 is 13.2 Å². The summed E-state index contributed by atoms with van der Waals surface area (Å²) in [5, 5.41) is 3.87. The third-order valence-electron chi connectivity index (χ3n) is 2.92. The molecule has 122 valence electrons. The predicted molar refractivity (Wildman–Crippen MR) is 94.7 cm³/mol. The first-order chi connectivity index (χ1) is 10.7. The predicted octanol–water partition coefficient (Wildman–Crippen LogP) is 4.31. The number of anilines is 3. The van der Waals surface area contributed by atoms with Gasteiger partial charge in [0.05, 0.1) is 28.3 Å². The highest BCUT2D eigenvalue weighted by Gasteiger charge is 2.12. The molecule has 2 rings (SSSR count). The summed E-state index contributed by atoms with van der Waals surface area (Å²) in [4.78, 5) is 11.5. The van der Waals surface area contributed by atoms with Crippen LogP contribution in [0.5, 0.6) is 0 Å². The van der Waals surface area contributed by atoms with Gasteiger partial charge in [-0.15, -0.1) is 0 Å². The average Bonchev–Trinajstić information content (AvgIpc) is 2.41. The van der Waals surface area contributed by atoms with E-state index in [9.17, 15) is 13.2 Å². The summed E-state index contributed by atoms with van der Waals surface area (Å²) in [5.74, 6) is -0.138. The zero-order chi connectivity index (χ0) is 17.2. The zero-order valence-corrected chi connectivity index (χ0v) is 14.7. The fourth-order valence-corrected chi connectivity index (χ4v) is 2.92. The van der Waals surface area contributed by atoms with E-state index in [0.29, 0.717) is 32.7 Å². The number of carbonyl (C=O) groups is 1. The molecule has 2 aromatic rings. The molecule has 0 fully saturated rings. The van der Waals surface area contributed by atoms with Crippen LogP contribution in [0.15, 0.2) is 36.4 Å². The Labute approximate surface area is 144 Å².